The van der Waals surface area contributed by atoms with Crippen LogP contribution in [0.1, 0.15) is 59.3 Å². The number of carbonyl (C=O) groups excluding carboxylic acids is 1. The highest BCUT2D eigenvalue weighted by Gasteiger charge is 2.60. The number of hydrogen-bond acceptors (Lipinski definition) is 1. The lowest BCUT2D eigenvalue weighted by Crippen LogP contribution is -2.32. The van der Waals surface area contributed by atoms with Crippen LogP contribution in [0.5, 0.6) is 0 Å². The molecule has 2 heteroatoms. The minimum Gasteiger partial charge on any atom is -0.282 e. The van der Waals surface area contributed by atoms with E-state index in [4.69, 9.17) is 0 Å². The summed E-state index contributed by atoms with van der Waals surface area (Å²) in [6, 6.07) is 0. The Morgan fingerprint density at radius 1 is 1.38 bits per heavy atom. The van der Waals surface area contributed by atoms with Crippen LogP contribution in [-0.4, -0.2) is 5.12 Å². The van der Waals surface area contributed by atoms with Gasteiger partial charge in [-0.2, -0.15) is 0 Å². The standard InChI is InChI=1S/C14H23OS/c1-13(2)10-7-8-14(13,3)11(9-10)5-4-6-12(15)16/h10-11H,4-9H2,1-3H3. The summed E-state index contributed by atoms with van der Waals surface area (Å²) in [6.07, 6.45) is 7.00. The van der Waals surface area contributed by atoms with Gasteiger partial charge in [-0.1, -0.05) is 20.8 Å². The molecule has 0 aromatic rings. The molecule has 3 unspecified atom stereocenters. The van der Waals surface area contributed by atoms with Gasteiger partial charge < -0.3 is 0 Å². The molecule has 2 aliphatic rings. The largest absolute Gasteiger partial charge is 0.282 e. The molecule has 16 heavy (non-hydrogen) atoms. The predicted molar refractivity (Wildman–Crippen MR) is 69.2 cm³/mol. The predicted octanol–water partition coefficient (Wildman–Crippen LogP) is 4.34. The van der Waals surface area contributed by atoms with Gasteiger partial charge in [0.15, 0.2) is 0 Å². The lowest BCUT2D eigenvalue weighted by Gasteiger charge is -2.39. The van der Waals surface area contributed by atoms with Crippen LogP contribution in [-0.2, 0) is 4.79 Å². The van der Waals surface area contributed by atoms with Crippen LogP contribution in [0.4, 0.5) is 0 Å². The first kappa shape index (κ1) is 12.3. The Kier molecular flexibility index (Phi) is 3.07. The molecule has 0 spiro atoms. The Hall–Kier alpha value is -0.110. The van der Waals surface area contributed by atoms with Crippen LogP contribution in [0.3, 0.4) is 0 Å². The zero-order chi connectivity index (χ0) is 12.0. The van der Waals surface area contributed by atoms with Gasteiger partial charge in [0.25, 0.3) is 0 Å². The second-order valence-corrected chi connectivity index (χ2v) is 7.03. The normalized spacial score (nSPS) is 40.2. The lowest BCUT2D eigenvalue weighted by molar-refractivity contribution is -0.111. The van der Waals surface area contributed by atoms with Crippen molar-refractivity contribution in [2.45, 2.75) is 59.3 Å². The van der Waals surface area contributed by atoms with Crippen LogP contribution >= 0.6 is 12.6 Å². The zero-order valence-electron chi connectivity index (χ0n) is 10.7. The first-order valence-corrected chi connectivity index (χ1v) is 6.98. The molecule has 1 nitrogen and oxygen atoms in total. The van der Waals surface area contributed by atoms with E-state index in [9.17, 15) is 4.79 Å². The van der Waals surface area contributed by atoms with Crippen molar-refractivity contribution in [3.05, 3.63) is 0 Å². The minimum absolute atomic E-state index is 0.0624. The maximum Gasteiger partial charge on any atom is 0.218 e. The Bertz CT molecular complexity index is 297. The van der Waals surface area contributed by atoms with Crippen LogP contribution in [0, 0.1) is 22.7 Å². The van der Waals surface area contributed by atoms with E-state index < -0.39 is 0 Å². The number of carbonyl (C=O) groups is 1. The fourth-order valence-corrected chi connectivity index (χ4v) is 4.44. The summed E-state index contributed by atoms with van der Waals surface area (Å²) in [5.74, 6) is 1.75. The third-order valence-corrected chi connectivity index (χ3v) is 6.11. The first-order chi connectivity index (χ1) is 7.38. The van der Waals surface area contributed by atoms with Gasteiger partial charge in [0.2, 0.25) is 5.12 Å². The van der Waals surface area contributed by atoms with E-state index in [1.807, 2.05) is 0 Å². The second-order valence-electron chi connectivity index (χ2n) is 6.57. The van der Waals surface area contributed by atoms with Gasteiger partial charge in [-0.25, -0.2) is 0 Å². The van der Waals surface area contributed by atoms with Crippen LogP contribution in [0.2, 0.25) is 0 Å². The maximum atomic E-state index is 10.8. The molecule has 0 aliphatic heterocycles. The van der Waals surface area contributed by atoms with Gasteiger partial charge >= 0.3 is 0 Å². The summed E-state index contributed by atoms with van der Waals surface area (Å²) < 4.78 is 0. The van der Waals surface area contributed by atoms with Gasteiger partial charge in [-0.15, -0.1) is 0 Å². The van der Waals surface area contributed by atoms with E-state index in [0.717, 1.165) is 18.3 Å². The van der Waals surface area contributed by atoms with Gasteiger partial charge in [0, 0.05) is 6.42 Å². The fraction of sp³-hybridized carbons (Fsp3) is 0.929. The first-order valence-electron chi connectivity index (χ1n) is 6.58. The van der Waals surface area contributed by atoms with E-state index in [2.05, 4.69) is 33.4 Å². The Morgan fingerprint density at radius 3 is 2.50 bits per heavy atom. The average molecular weight is 239 g/mol. The highest BCUT2D eigenvalue weighted by molar-refractivity contribution is 7.96. The van der Waals surface area contributed by atoms with E-state index >= 15 is 0 Å². The minimum atomic E-state index is -0.0624. The van der Waals surface area contributed by atoms with Gasteiger partial charge in [0.1, 0.15) is 0 Å². The third-order valence-electron chi connectivity index (χ3n) is 5.91. The quantitative estimate of drug-likeness (QED) is 0.713. The summed E-state index contributed by atoms with van der Waals surface area (Å²) in [5.41, 5.74) is 1.03. The molecule has 0 aromatic carbocycles. The van der Waals surface area contributed by atoms with Crippen molar-refractivity contribution in [1.82, 2.24) is 0 Å². The Balaban J connectivity index is 1.96. The monoisotopic (exact) mass is 239 g/mol. The highest BCUT2D eigenvalue weighted by atomic mass is 32.1. The molecule has 0 heterocycles. The molecular formula is C14H23OS. The van der Waals surface area contributed by atoms with E-state index in [1.54, 1.807) is 0 Å². The van der Waals surface area contributed by atoms with Crippen molar-refractivity contribution in [2.24, 2.45) is 22.7 Å². The molecule has 0 N–H and O–H groups in total. The number of fused-ring (bicyclic) bond motifs is 2. The second kappa shape index (κ2) is 3.97. The van der Waals surface area contributed by atoms with Crippen molar-refractivity contribution in [1.29, 1.82) is 0 Å². The molecule has 91 valence electrons. The third kappa shape index (κ3) is 1.70. The zero-order valence-corrected chi connectivity index (χ0v) is 11.5. The van der Waals surface area contributed by atoms with Crippen molar-refractivity contribution in [3.8, 4) is 0 Å². The summed E-state index contributed by atoms with van der Waals surface area (Å²) in [5, 5.41) is -0.0624. The lowest BCUT2D eigenvalue weighted by atomic mass is 9.65. The molecule has 0 aromatic heterocycles. The van der Waals surface area contributed by atoms with Gasteiger partial charge in [-0.05, 0) is 67.4 Å². The molecule has 1 radical (unpaired) electrons. The number of hydrogen-bond donors (Lipinski definition) is 0. The van der Waals surface area contributed by atoms with Crippen molar-refractivity contribution >= 4 is 17.7 Å². The van der Waals surface area contributed by atoms with E-state index in [-0.39, 0.29) is 5.12 Å². The molecule has 0 amide bonds. The summed E-state index contributed by atoms with van der Waals surface area (Å²) in [4.78, 5) is 10.8. The molecule has 2 bridgehead atoms. The molecular weight excluding hydrogens is 216 g/mol. The number of rotatable bonds is 4. The maximum absolute atomic E-state index is 10.8. The summed E-state index contributed by atoms with van der Waals surface area (Å²) >= 11 is 4.62. The molecule has 2 aliphatic carbocycles. The average Bonchev–Trinajstić information content (AvgIpc) is 2.49. The van der Waals surface area contributed by atoms with Crippen LogP contribution < -0.4 is 0 Å². The SMILES string of the molecule is CC1(C)C2CCC1(C)C(CCCC(=O)[S])C2. The fourth-order valence-electron chi connectivity index (χ4n) is 4.30. The van der Waals surface area contributed by atoms with Crippen molar-refractivity contribution in [2.75, 3.05) is 0 Å². The highest BCUT2D eigenvalue weighted by Crippen LogP contribution is 2.68. The van der Waals surface area contributed by atoms with Gasteiger partial charge in [-0.3, -0.25) is 4.79 Å². The molecule has 2 fully saturated rings. The molecule has 3 atom stereocenters. The Labute approximate surface area is 105 Å². The summed E-state index contributed by atoms with van der Waals surface area (Å²) in [6.45, 7) is 7.37. The molecule has 2 rings (SSSR count). The Morgan fingerprint density at radius 2 is 2.06 bits per heavy atom. The van der Waals surface area contributed by atoms with Crippen LogP contribution in [0.25, 0.3) is 0 Å². The summed E-state index contributed by atoms with van der Waals surface area (Å²) in [7, 11) is 0. The molecule has 0 saturated heterocycles. The van der Waals surface area contributed by atoms with E-state index in [0.29, 0.717) is 17.3 Å². The van der Waals surface area contributed by atoms with Crippen LogP contribution in [0.15, 0.2) is 0 Å². The topological polar surface area (TPSA) is 17.1 Å². The van der Waals surface area contributed by atoms with E-state index in [1.165, 1.54) is 25.7 Å². The van der Waals surface area contributed by atoms with Crippen molar-refractivity contribution < 1.29 is 4.79 Å². The van der Waals surface area contributed by atoms with Crippen molar-refractivity contribution in [3.63, 3.8) is 0 Å². The molecule has 2 saturated carbocycles. The smallest absolute Gasteiger partial charge is 0.218 e. The van der Waals surface area contributed by atoms with Gasteiger partial charge in [0.05, 0.1) is 0 Å².